The summed E-state index contributed by atoms with van der Waals surface area (Å²) in [5.41, 5.74) is 6.42. The first-order valence-electron chi connectivity index (χ1n) is 10.7. The zero-order valence-electron chi connectivity index (χ0n) is 17.9. The highest BCUT2D eigenvalue weighted by atomic mass is 16.1. The highest BCUT2D eigenvalue weighted by molar-refractivity contribution is 5.63. The molecule has 2 heterocycles. The topological polar surface area (TPSA) is 41.4 Å². The molecule has 1 aromatic heterocycles. The Bertz CT molecular complexity index is 1150. The van der Waals surface area contributed by atoms with E-state index in [1.165, 1.54) is 24.0 Å². The Labute approximate surface area is 177 Å². The highest BCUT2D eigenvalue weighted by Crippen LogP contribution is 2.35. The Kier molecular flexibility index (Phi) is 4.70. The van der Waals surface area contributed by atoms with Crippen molar-refractivity contribution in [1.29, 1.82) is 0 Å². The van der Waals surface area contributed by atoms with Crippen LogP contribution in [0.5, 0.6) is 0 Å². The van der Waals surface area contributed by atoms with Crippen molar-refractivity contribution in [1.82, 2.24) is 14.5 Å². The van der Waals surface area contributed by atoms with E-state index in [1.54, 1.807) is 0 Å². The van der Waals surface area contributed by atoms with E-state index in [-0.39, 0.29) is 5.56 Å². The van der Waals surface area contributed by atoms with E-state index in [1.807, 2.05) is 29.7 Å². The van der Waals surface area contributed by atoms with Gasteiger partial charge in [0.15, 0.2) is 0 Å². The van der Waals surface area contributed by atoms with Gasteiger partial charge in [-0.05, 0) is 50.8 Å². The van der Waals surface area contributed by atoms with Crippen molar-refractivity contribution in [2.24, 2.45) is 0 Å². The fourth-order valence-electron chi connectivity index (χ4n) is 4.46. The van der Waals surface area contributed by atoms with E-state index < -0.39 is 0 Å². The molecule has 0 unspecified atom stereocenters. The van der Waals surface area contributed by atoms with Crippen LogP contribution in [0.2, 0.25) is 0 Å². The van der Waals surface area contributed by atoms with Crippen LogP contribution < -0.4 is 10.5 Å². The van der Waals surface area contributed by atoms with Crippen LogP contribution in [0.4, 0.5) is 11.6 Å². The van der Waals surface area contributed by atoms with Crippen LogP contribution in [0, 0.1) is 20.8 Å². The van der Waals surface area contributed by atoms with Crippen LogP contribution >= 0.6 is 0 Å². The SMILES string of the molecule is Cc1ccc(N2CN(C3CC3)Cn3c2nc(C)c(Cc2ccccc2)c3=O)c(C)c1. The second kappa shape index (κ2) is 7.40. The van der Waals surface area contributed by atoms with Gasteiger partial charge in [0.1, 0.15) is 0 Å². The Balaban J connectivity index is 1.62. The van der Waals surface area contributed by atoms with Crippen LogP contribution in [-0.4, -0.2) is 27.2 Å². The van der Waals surface area contributed by atoms with E-state index in [2.05, 4.69) is 54.0 Å². The lowest BCUT2D eigenvalue weighted by Crippen LogP contribution is -2.49. The van der Waals surface area contributed by atoms with Gasteiger partial charge in [0, 0.05) is 23.7 Å². The third-order valence-corrected chi connectivity index (χ3v) is 6.27. The Hall–Kier alpha value is -2.92. The van der Waals surface area contributed by atoms with Gasteiger partial charge >= 0.3 is 0 Å². The second-order valence-electron chi connectivity index (χ2n) is 8.69. The first-order chi connectivity index (χ1) is 14.5. The number of hydrogen-bond donors (Lipinski definition) is 0. The van der Waals surface area contributed by atoms with Crippen molar-refractivity contribution < 1.29 is 0 Å². The number of nitrogens with zero attached hydrogens (tertiary/aromatic N) is 4. The van der Waals surface area contributed by atoms with E-state index >= 15 is 0 Å². The Morgan fingerprint density at radius 3 is 2.47 bits per heavy atom. The molecule has 0 N–H and O–H groups in total. The van der Waals surface area contributed by atoms with Crippen molar-refractivity contribution in [2.45, 2.75) is 52.7 Å². The van der Waals surface area contributed by atoms with Crippen LogP contribution in [0.3, 0.4) is 0 Å². The fourth-order valence-corrected chi connectivity index (χ4v) is 4.46. The zero-order chi connectivity index (χ0) is 20.8. The maximum Gasteiger partial charge on any atom is 0.259 e. The molecule has 1 aliphatic heterocycles. The summed E-state index contributed by atoms with van der Waals surface area (Å²) >= 11 is 0. The lowest BCUT2D eigenvalue weighted by Gasteiger charge is -2.39. The number of anilines is 2. The van der Waals surface area contributed by atoms with Crippen molar-refractivity contribution in [3.05, 3.63) is 86.8 Å². The van der Waals surface area contributed by atoms with Crippen LogP contribution in [-0.2, 0) is 13.1 Å². The van der Waals surface area contributed by atoms with Crippen molar-refractivity contribution >= 4 is 11.6 Å². The molecule has 0 bridgehead atoms. The van der Waals surface area contributed by atoms with E-state index in [0.29, 0.717) is 19.1 Å². The summed E-state index contributed by atoms with van der Waals surface area (Å²) in [5.74, 6) is 0.762. The maximum absolute atomic E-state index is 13.6. The lowest BCUT2D eigenvalue weighted by molar-refractivity contribution is 0.188. The lowest BCUT2D eigenvalue weighted by atomic mass is 10.0. The second-order valence-corrected chi connectivity index (χ2v) is 8.69. The first kappa shape index (κ1) is 19.1. The van der Waals surface area contributed by atoms with Gasteiger partial charge < -0.3 is 0 Å². The predicted molar refractivity (Wildman–Crippen MR) is 120 cm³/mol. The summed E-state index contributed by atoms with van der Waals surface area (Å²) in [6.45, 7) is 7.61. The average Bonchev–Trinajstić information content (AvgIpc) is 3.57. The molecule has 3 aromatic rings. The molecule has 1 saturated carbocycles. The molecule has 0 radical (unpaired) electrons. The quantitative estimate of drug-likeness (QED) is 0.655. The molecule has 154 valence electrons. The molecule has 5 rings (SSSR count). The standard InChI is InChI=1S/C25H28N4O/c1-17-9-12-23(18(2)13-17)28-15-27(21-10-11-21)16-29-24(30)22(19(3)26-25(28)29)14-20-7-5-4-6-8-20/h4-9,12-13,21H,10-11,14-16H2,1-3H3. The molecular weight excluding hydrogens is 372 g/mol. The maximum atomic E-state index is 13.6. The predicted octanol–water partition coefficient (Wildman–Crippen LogP) is 4.29. The summed E-state index contributed by atoms with van der Waals surface area (Å²) in [6, 6.07) is 17.2. The van der Waals surface area contributed by atoms with Crippen LogP contribution in [0.1, 0.15) is 40.8 Å². The molecule has 5 nitrogen and oxygen atoms in total. The minimum absolute atomic E-state index is 0.0847. The summed E-state index contributed by atoms with van der Waals surface area (Å²) in [5, 5.41) is 0. The van der Waals surface area contributed by atoms with Gasteiger partial charge in [-0.3, -0.25) is 19.2 Å². The smallest absolute Gasteiger partial charge is 0.259 e. The van der Waals surface area contributed by atoms with E-state index in [0.717, 1.165) is 35.1 Å². The van der Waals surface area contributed by atoms with Gasteiger partial charge in [-0.25, -0.2) is 4.98 Å². The molecular formula is C25H28N4O. The normalized spacial score (nSPS) is 16.6. The molecule has 30 heavy (non-hydrogen) atoms. The summed E-state index contributed by atoms with van der Waals surface area (Å²) in [4.78, 5) is 23.2. The third kappa shape index (κ3) is 3.43. The van der Waals surface area contributed by atoms with Gasteiger partial charge in [-0.2, -0.15) is 0 Å². The zero-order valence-corrected chi connectivity index (χ0v) is 17.9. The van der Waals surface area contributed by atoms with Crippen molar-refractivity contribution in [3.63, 3.8) is 0 Å². The Morgan fingerprint density at radius 2 is 1.77 bits per heavy atom. The van der Waals surface area contributed by atoms with Crippen LogP contribution in [0.25, 0.3) is 0 Å². The number of fused-ring (bicyclic) bond motifs is 1. The number of hydrogen-bond acceptors (Lipinski definition) is 4. The summed E-state index contributed by atoms with van der Waals surface area (Å²) in [7, 11) is 0. The molecule has 5 heteroatoms. The van der Waals surface area contributed by atoms with Crippen molar-refractivity contribution in [2.75, 3.05) is 11.6 Å². The van der Waals surface area contributed by atoms with Gasteiger partial charge in [0.2, 0.25) is 5.95 Å². The first-order valence-corrected chi connectivity index (χ1v) is 10.7. The monoisotopic (exact) mass is 400 g/mol. The number of rotatable bonds is 4. The molecule has 2 aromatic carbocycles. The largest absolute Gasteiger partial charge is 0.298 e. The van der Waals surface area contributed by atoms with E-state index in [4.69, 9.17) is 4.98 Å². The minimum Gasteiger partial charge on any atom is -0.298 e. The number of aryl methyl sites for hydroxylation is 3. The molecule has 1 aliphatic carbocycles. The summed E-state index contributed by atoms with van der Waals surface area (Å²) < 4.78 is 1.88. The molecule has 1 fully saturated rings. The average molecular weight is 401 g/mol. The van der Waals surface area contributed by atoms with Crippen molar-refractivity contribution in [3.8, 4) is 0 Å². The Morgan fingerprint density at radius 1 is 1.00 bits per heavy atom. The van der Waals surface area contributed by atoms with Gasteiger partial charge in [0.25, 0.3) is 5.56 Å². The molecule has 0 amide bonds. The third-order valence-electron chi connectivity index (χ3n) is 6.27. The van der Waals surface area contributed by atoms with Gasteiger partial charge in [0.05, 0.1) is 19.0 Å². The van der Waals surface area contributed by atoms with Gasteiger partial charge in [-0.1, -0.05) is 48.0 Å². The fraction of sp³-hybridized carbons (Fsp3) is 0.360. The number of benzene rings is 2. The molecule has 0 saturated heterocycles. The number of aromatic nitrogens is 2. The minimum atomic E-state index is 0.0847. The highest BCUT2D eigenvalue weighted by Gasteiger charge is 2.36. The van der Waals surface area contributed by atoms with E-state index in [9.17, 15) is 4.79 Å². The molecule has 0 atom stereocenters. The van der Waals surface area contributed by atoms with Gasteiger partial charge in [-0.15, -0.1) is 0 Å². The van der Waals surface area contributed by atoms with Crippen LogP contribution in [0.15, 0.2) is 53.3 Å². The summed E-state index contributed by atoms with van der Waals surface area (Å²) in [6.07, 6.45) is 3.04. The molecule has 2 aliphatic rings. The molecule has 0 spiro atoms.